The van der Waals surface area contributed by atoms with Crippen molar-refractivity contribution >= 4 is 29.2 Å². The first kappa shape index (κ1) is 18.2. The highest BCUT2D eigenvalue weighted by Crippen LogP contribution is 2.28. The minimum atomic E-state index is -0.0331. The quantitative estimate of drug-likeness (QED) is 0.878. The van der Waals surface area contributed by atoms with E-state index in [9.17, 15) is 4.79 Å². The maximum Gasteiger partial charge on any atom is 0.317 e. The normalized spacial score (nSPS) is 18.1. The second-order valence-electron chi connectivity index (χ2n) is 5.94. The monoisotopic (exact) mass is 359 g/mol. The van der Waals surface area contributed by atoms with E-state index >= 15 is 0 Å². The highest BCUT2D eigenvalue weighted by molar-refractivity contribution is 6.42. The summed E-state index contributed by atoms with van der Waals surface area (Å²) in [5, 5.41) is 3.91. The Morgan fingerprint density at radius 2 is 2.17 bits per heavy atom. The predicted octanol–water partition coefficient (Wildman–Crippen LogP) is 3.11. The van der Waals surface area contributed by atoms with Crippen LogP contribution < -0.4 is 10.1 Å². The third kappa shape index (κ3) is 5.75. The number of piperidine rings is 1. The average Bonchev–Trinajstić information content (AvgIpc) is 2.51. The number of urea groups is 1. The Morgan fingerprint density at radius 1 is 1.39 bits per heavy atom. The van der Waals surface area contributed by atoms with Gasteiger partial charge >= 0.3 is 6.03 Å². The first-order chi connectivity index (χ1) is 11.0. The smallest absolute Gasteiger partial charge is 0.317 e. The summed E-state index contributed by atoms with van der Waals surface area (Å²) in [5.41, 5.74) is 0. The van der Waals surface area contributed by atoms with E-state index < -0.39 is 0 Å². The van der Waals surface area contributed by atoms with Crippen LogP contribution in [-0.4, -0.2) is 62.2 Å². The molecule has 128 valence electrons. The molecule has 5 nitrogen and oxygen atoms in total. The molecule has 1 atom stereocenters. The number of amides is 2. The van der Waals surface area contributed by atoms with E-state index in [1.807, 2.05) is 19.0 Å². The van der Waals surface area contributed by atoms with Crippen LogP contribution in [0.25, 0.3) is 0 Å². The molecule has 7 heteroatoms. The molecule has 0 saturated carbocycles. The molecule has 1 N–H and O–H groups in total. The molecule has 1 fully saturated rings. The van der Waals surface area contributed by atoms with Crippen molar-refractivity contribution in [3.05, 3.63) is 28.2 Å². The van der Waals surface area contributed by atoms with E-state index in [1.165, 1.54) is 0 Å². The number of carbonyl (C=O) groups excluding carboxylic acids is 1. The second-order valence-corrected chi connectivity index (χ2v) is 6.75. The van der Waals surface area contributed by atoms with Crippen molar-refractivity contribution in [3.8, 4) is 5.75 Å². The first-order valence-electron chi connectivity index (χ1n) is 7.75. The van der Waals surface area contributed by atoms with Gasteiger partial charge in [0.1, 0.15) is 11.9 Å². The van der Waals surface area contributed by atoms with Crippen LogP contribution in [0.5, 0.6) is 5.75 Å². The summed E-state index contributed by atoms with van der Waals surface area (Å²) in [6.45, 7) is 2.80. The number of rotatable bonds is 5. The SMILES string of the molecule is CN(C)CCNC(=O)N1CCCC(Oc2ccc(Cl)c(Cl)c2)C1. The van der Waals surface area contributed by atoms with Gasteiger partial charge in [-0.25, -0.2) is 4.79 Å². The Kier molecular flexibility index (Phi) is 6.81. The lowest BCUT2D eigenvalue weighted by atomic mass is 10.1. The molecule has 1 aromatic rings. The lowest BCUT2D eigenvalue weighted by molar-refractivity contribution is 0.101. The van der Waals surface area contributed by atoms with Crippen molar-refractivity contribution in [2.45, 2.75) is 18.9 Å². The van der Waals surface area contributed by atoms with Gasteiger partial charge in [-0.05, 0) is 39.1 Å². The molecular weight excluding hydrogens is 337 g/mol. The van der Waals surface area contributed by atoms with Gasteiger partial charge in [0.15, 0.2) is 0 Å². The van der Waals surface area contributed by atoms with E-state index in [0.29, 0.717) is 28.9 Å². The molecule has 0 aliphatic carbocycles. The van der Waals surface area contributed by atoms with Gasteiger partial charge in [-0.1, -0.05) is 23.2 Å². The summed E-state index contributed by atoms with van der Waals surface area (Å²) in [7, 11) is 3.96. The fourth-order valence-corrected chi connectivity index (χ4v) is 2.75. The Labute approximate surface area is 147 Å². The number of likely N-dealkylation sites (N-methyl/N-ethyl adjacent to an activating group) is 1. The van der Waals surface area contributed by atoms with E-state index in [2.05, 4.69) is 5.32 Å². The molecule has 0 bridgehead atoms. The number of hydrogen-bond acceptors (Lipinski definition) is 3. The predicted molar refractivity (Wildman–Crippen MR) is 93.6 cm³/mol. The highest BCUT2D eigenvalue weighted by Gasteiger charge is 2.24. The van der Waals surface area contributed by atoms with Gasteiger partial charge in [-0.2, -0.15) is 0 Å². The molecule has 0 aromatic heterocycles. The number of hydrogen-bond donors (Lipinski definition) is 1. The topological polar surface area (TPSA) is 44.8 Å². The molecule has 1 aliphatic heterocycles. The zero-order valence-electron chi connectivity index (χ0n) is 13.5. The van der Waals surface area contributed by atoms with Gasteiger partial charge in [-0.3, -0.25) is 0 Å². The van der Waals surface area contributed by atoms with Crippen LogP contribution in [0.1, 0.15) is 12.8 Å². The minimum Gasteiger partial charge on any atom is -0.489 e. The Hall–Kier alpha value is -1.17. The molecule has 0 spiro atoms. The molecular formula is C16H23Cl2N3O2. The third-order valence-corrected chi connectivity index (χ3v) is 4.43. The number of halogens is 2. The molecule has 1 unspecified atom stereocenters. The van der Waals surface area contributed by atoms with Crippen LogP contribution in [0.2, 0.25) is 10.0 Å². The fourth-order valence-electron chi connectivity index (χ4n) is 2.46. The van der Waals surface area contributed by atoms with Crippen LogP contribution in [0, 0.1) is 0 Å². The Morgan fingerprint density at radius 3 is 2.87 bits per heavy atom. The lowest BCUT2D eigenvalue weighted by Crippen LogP contribution is -2.49. The summed E-state index contributed by atoms with van der Waals surface area (Å²) in [6, 6.07) is 5.19. The zero-order valence-corrected chi connectivity index (χ0v) is 15.0. The van der Waals surface area contributed by atoms with Gasteiger partial charge in [0, 0.05) is 25.7 Å². The van der Waals surface area contributed by atoms with Crippen molar-refractivity contribution in [2.75, 3.05) is 40.3 Å². The zero-order chi connectivity index (χ0) is 16.8. The van der Waals surface area contributed by atoms with E-state index in [1.54, 1.807) is 23.1 Å². The van der Waals surface area contributed by atoms with E-state index in [4.69, 9.17) is 27.9 Å². The number of carbonyl (C=O) groups is 1. The Balaban J connectivity index is 1.85. The average molecular weight is 360 g/mol. The van der Waals surface area contributed by atoms with Gasteiger partial charge in [0.05, 0.1) is 16.6 Å². The highest BCUT2D eigenvalue weighted by atomic mass is 35.5. The van der Waals surface area contributed by atoms with E-state index in [0.717, 1.165) is 25.9 Å². The molecule has 2 amide bonds. The lowest BCUT2D eigenvalue weighted by Gasteiger charge is -2.33. The van der Waals surface area contributed by atoms with Crippen molar-refractivity contribution < 1.29 is 9.53 Å². The van der Waals surface area contributed by atoms with Crippen LogP contribution in [0.15, 0.2) is 18.2 Å². The van der Waals surface area contributed by atoms with E-state index in [-0.39, 0.29) is 12.1 Å². The molecule has 1 aliphatic rings. The molecule has 1 aromatic carbocycles. The van der Waals surface area contributed by atoms with Crippen molar-refractivity contribution in [1.29, 1.82) is 0 Å². The van der Waals surface area contributed by atoms with Crippen LogP contribution >= 0.6 is 23.2 Å². The summed E-state index contributed by atoms with van der Waals surface area (Å²) in [4.78, 5) is 16.0. The number of nitrogens with zero attached hydrogens (tertiary/aromatic N) is 2. The van der Waals surface area contributed by atoms with Gasteiger partial charge < -0.3 is 19.9 Å². The molecule has 1 heterocycles. The number of nitrogens with one attached hydrogen (secondary N) is 1. The summed E-state index contributed by atoms with van der Waals surface area (Å²) in [6.07, 6.45) is 1.81. The second kappa shape index (κ2) is 8.62. The largest absolute Gasteiger partial charge is 0.489 e. The molecule has 2 rings (SSSR count). The van der Waals surface area contributed by atoms with Crippen LogP contribution in [0.3, 0.4) is 0 Å². The van der Waals surface area contributed by atoms with Crippen LogP contribution in [0.4, 0.5) is 4.79 Å². The molecule has 23 heavy (non-hydrogen) atoms. The van der Waals surface area contributed by atoms with Gasteiger partial charge in [-0.15, -0.1) is 0 Å². The van der Waals surface area contributed by atoms with Crippen molar-refractivity contribution in [3.63, 3.8) is 0 Å². The van der Waals surface area contributed by atoms with Crippen molar-refractivity contribution in [2.24, 2.45) is 0 Å². The maximum atomic E-state index is 12.2. The molecule has 1 saturated heterocycles. The number of benzene rings is 1. The van der Waals surface area contributed by atoms with Gasteiger partial charge in [0.2, 0.25) is 0 Å². The van der Waals surface area contributed by atoms with Crippen LogP contribution in [-0.2, 0) is 0 Å². The maximum absolute atomic E-state index is 12.2. The third-order valence-electron chi connectivity index (χ3n) is 3.69. The number of ether oxygens (including phenoxy) is 1. The van der Waals surface area contributed by atoms with Gasteiger partial charge in [0.25, 0.3) is 0 Å². The standard InChI is InChI=1S/C16H23Cl2N3O2/c1-20(2)9-7-19-16(22)21-8-3-4-13(11-21)23-12-5-6-14(17)15(18)10-12/h5-6,10,13H,3-4,7-9,11H2,1-2H3,(H,19,22). The van der Waals surface area contributed by atoms with Crippen molar-refractivity contribution in [1.82, 2.24) is 15.1 Å². The number of likely N-dealkylation sites (tertiary alicyclic amines) is 1. The summed E-state index contributed by atoms with van der Waals surface area (Å²) < 4.78 is 5.94. The Bertz CT molecular complexity index is 540. The fraction of sp³-hybridized carbons (Fsp3) is 0.562. The minimum absolute atomic E-state index is 0.0272. The summed E-state index contributed by atoms with van der Waals surface area (Å²) in [5.74, 6) is 0.680. The molecule has 0 radical (unpaired) electrons. The first-order valence-corrected chi connectivity index (χ1v) is 8.50. The summed E-state index contributed by atoms with van der Waals surface area (Å²) >= 11 is 11.9.